The van der Waals surface area contributed by atoms with Gasteiger partial charge in [-0.3, -0.25) is 0 Å². The van der Waals surface area contributed by atoms with Gasteiger partial charge in [0.2, 0.25) is 0 Å². The van der Waals surface area contributed by atoms with Crippen LogP contribution in [0.4, 0.5) is 0 Å². The molecule has 0 aliphatic heterocycles. The Balaban J connectivity index is 1.49. The molecule has 0 heterocycles. The number of fused-ring (bicyclic) bond motifs is 5. The molecule has 1 heteroatoms. The van der Waals surface area contributed by atoms with Crippen LogP contribution in [-0.2, 0) is 0 Å². The molecular formula is C27H47N. The number of allylic oxidation sites excluding steroid dienone is 1. The number of rotatable bonds is 5. The van der Waals surface area contributed by atoms with Crippen LogP contribution < -0.4 is 5.73 Å². The molecule has 0 aromatic carbocycles. The molecule has 1 nitrogen and oxygen atoms in total. The predicted octanol–water partition coefficient (Wildman–Crippen LogP) is 7.36. The van der Waals surface area contributed by atoms with Gasteiger partial charge in [0, 0.05) is 6.04 Å². The largest absolute Gasteiger partial charge is 0.327 e. The van der Waals surface area contributed by atoms with Gasteiger partial charge >= 0.3 is 0 Å². The van der Waals surface area contributed by atoms with Gasteiger partial charge < -0.3 is 5.73 Å². The average Bonchev–Trinajstić information content (AvgIpc) is 2.99. The highest BCUT2D eigenvalue weighted by atomic mass is 14.7. The molecule has 0 amide bonds. The lowest BCUT2D eigenvalue weighted by Crippen LogP contribution is -2.51. The minimum Gasteiger partial charge on any atom is -0.327 e. The van der Waals surface area contributed by atoms with E-state index >= 15 is 0 Å². The first-order chi connectivity index (χ1) is 13.3. The Morgan fingerprint density at radius 2 is 1.79 bits per heavy atom. The second-order valence-electron chi connectivity index (χ2n) is 12.3. The van der Waals surface area contributed by atoms with E-state index in [2.05, 4.69) is 40.7 Å². The Morgan fingerprint density at radius 1 is 1.00 bits per heavy atom. The van der Waals surface area contributed by atoms with E-state index in [9.17, 15) is 0 Å². The molecule has 160 valence electrons. The van der Waals surface area contributed by atoms with Crippen LogP contribution in [0.3, 0.4) is 0 Å². The molecule has 0 aromatic rings. The fraction of sp³-hybridized carbons (Fsp3) is 0.926. The molecule has 0 saturated heterocycles. The van der Waals surface area contributed by atoms with Gasteiger partial charge in [0.15, 0.2) is 0 Å². The lowest BCUT2D eigenvalue weighted by atomic mass is 9.47. The van der Waals surface area contributed by atoms with Crippen molar-refractivity contribution in [1.82, 2.24) is 0 Å². The molecule has 0 radical (unpaired) electrons. The maximum Gasteiger partial charge on any atom is 0.00766 e. The van der Waals surface area contributed by atoms with E-state index in [1.165, 1.54) is 70.6 Å². The first kappa shape index (κ1) is 21.0. The molecule has 2 N–H and O–H groups in total. The Kier molecular flexibility index (Phi) is 5.80. The molecule has 28 heavy (non-hydrogen) atoms. The first-order valence-electron chi connectivity index (χ1n) is 12.7. The van der Waals surface area contributed by atoms with Crippen LogP contribution in [0.5, 0.6) is 0 Å². The number of hydrogen-bond acceptors (Lipinski definition) is 1. The van der Waals surface area contributed by atoms with Crippen molar-refractivity contribution in [2.24, 2.45) is 52.1 Å². The van der Waals surface area contributed by atoms with Crippen LogP contribution in [0.1, 0.15) is 105 Å². The van der Waals surface area contributed by atoms with Gasteiger partial charge in [-0.05, 0) is 97.7 Å². The maximum absolute atomic E-state index is 6.34. The fourth-order valence-electron chi connectivity index (χ4n) is 8.71. The summed E-state index contributed by atoms with van der Waals surface area (Å²) in [6.07, 6.45) is 18.1. The average molecular weight is 386 g/mol. The molecule has 8 atom stereocenters. The number of hydrogen-bond donors (Lipinski definition) is 1. The SMILES string of the molecule is CC(C)CCC[C@@H](C)C1CC[C@H]2[C@H]3CC=C4C[C@@H](N)CCC4(C)C3CCC12C. The van der Waals surface area contributed by atoms with Crippen molar-refractivity contribution >= 4 is 0 Å². The molecule has 3 fully saturated rings. The second-order valence-corrected chi connectivity index (χ2v) is 12.3. The summed E-state index contributed by atoms with van der Waals surface area (Å²) in [4.78, 5) is 0. The Hall–Kier alpha value is -0.300. The van der Waals surface area contributed by atoms with Gasteiger partial charge in [-0.2, -0.15) is 0 Å². The van der Waals surface area contributed by atoms with Gasteiger partial charge in [-0.25, -0.2) is 0 Å². The third-order valence-electron chi connectivity index (χ3n) is 10.3. The minimum absolute atomic E-state index is 0.423. The van der Waals surface area contributed by atoms with Gasteiger partial charge in [0.25, 0.3) is 0 Å². The molecule has 0 bridgehead atoms. The maximum atomic E-state index is 6.34. The van der Waals surface area contributed by atoms with Crippen molar-refractivity contribution in [3.63, 3.8) is 0 Å². The second kappa shape index (κ2) is 7.75. The van der Waals surface area contributed by atoms with Crippen LogP contribution in [0.15, 0.2) is 11.6 Å². The molecule has 4 aliphatic carbocycles. The van der Waals surface area contributed by atoms with E-state index in [1.807, 2.05) is 0 Å². The lowest BCUT2D eigenvalue weighted by molar-refractivity contribution is -0.0508. The highest BCUT2D eigenvalue weighted by Crippen LogP contribution is 2.67. The summed E-state index contributed by atoms with van der Waals surface area (Å²) in [5, 5.41) is 0. The van der Waals surface area contributed by atoms with Gasteiger partial charge in [-0.15, -0.1) is 0 Å². The summed E-state index contributed by atoms with van der Waals surface area (Å²) in [6, 6.07) is 0.423. The molecule has 0 spiro atoms. The third kappa shape index (κ3) is 3.42. The van der Waals surface area contributed by atoms with Gasteiger partial charge in [0.05, 0.1) is 0 Å². The van der Waals surface area contributed by atoms with E-state index in [0.717, 1.165) is 35.5 Å². The third-order valence-corrected chi connectivity index (χ3v) is 10.3. The zero-order chi connectivity index (χ0) is 20.1. The van der Waals surface area contributed by atoms with E-state index in [0.29, 0.717) is 16.9 Å². The fourth-order valence-corrected chi connectivity index (χ4v) is 8.71. The zero-order valence-corrected chi connectivity index (χ0v) is 19.5. The number of nitrogens with two attached hydrogens (primary N) is 1. The molecule has 4 rings (SSSR count). The lowest BCUT2D eigenvalue weighted by Gasteiger charge is -2.58. The molecule has 4 aliphatic rings. The topological polar surface area (TPSA) is 26.0 Å². The van der Waals surface area contributed by atoms with Crippen molar-refractivity contribution < 1.29 is 0 Å². The monoisotopic (exact) mass is 385 g/mol. The summed E-state index contributed by atoms with van der Waals surface area (Å²) in [5.41, 5.74) is 9.18. The first-order valence-corrected chi connectivity index (χ1v) is 12.7. The Morgan fingerprint density at radius 3 is 2.54 bits per heavy atom. The Bertz CT molecular complexity index is 591. The molecule has 3 saturated carbocycles. The normalized spacial score (nSPS) is 46.5. The minimum atomic E-state index is 0.423. The van der Waals surface area contributed by atoms with E-state index in [1.54, 1.807) is 5.57 Å². The summed E-state index contributed by atoms with van der Waals surface area (Å²) in [6.45, 7) is 12.7. The van der Waals surface area contributed by atoms with E-state index in [4.69, 9.17) is 5.73 Å². The Labute approximate surface area is 175 Å². The summed E-state index contributed by atoms with van der Waals surface area (Å²) in [7, 11) is 0. The van der Waals surface area contributed by atoms with Crippen molar-refractivity contribution in [2.45, 2.75) is 111 Å². The standard InChI is InChI=1S/C27H47N/c1-18(2)7-6-8-19(3)23-11-12-24-22-10-9-20-17-21(28)13-15-26(20,4)25(22)14-16-27(23,24)5/h9,18-19,21-25H,6-8,10-17,28H2,1-5H3/t19-,21+,22-,23?,24+,25?,26?,27?/m1/s1. The predicted molar refractivity (Wildman–Crippen MR) is 121 cm³/mol. The van der Waals surface area contributed by atoms with Gasteiger partial charge in [-0.1, -0.05) is 65.5 Å². The summed E-state index contributed by atoms with van der Waals surface area (Å²) in [5.74, 6) is 5.63. The van der Waals surface area contributed by atoms with Crippen LogP contribution in [0.25, 0.3) is 0 Å². The van der Waals surface area contributed by atoms with Crippen molar-refractivity contribution in [3.05, 3.63) is 11.6 Å². The molecular weight excluding hydrogens is 338 g/mol. The van der Waals surface area contributed by atoms with E-state index in [-0.39, 0.29) is 0 Å². The highest BCUT2D eigenvalue weighted by molar-refractivity contribution is 5.25. The summed E-state index contributed by atoms with van der Waals surface area (Å²) < 4.78 is 0. The smallest absolute Gasteiger partial charge is 0.00766 e. The quantitative estimate of drug-likeness (QED) is 0.492. The highest BCUT2D eigenvalue weighted by Gasteiger charge is 2.58. The molecule has 4 unspecified atom stereocenters. The van der Waals surface area contributed by atoms with Crippen molar-refractivity contribution in [3.8, 4) is 0 Å². The van der Waals surface area contributed by atoms with E-state index < -0.39 is 0 Å². The van der Waals surface area contributed by atoms with Crippen LogP contribution in [0, 0.1) is 46.3 Å². The van der Waals surface area contributed by atoms with Gasteiger partial charge in [0.1, 0.15) is 0 Å². The van der Waals surface area contributed by atoms with Crippen LogP contribution >= 0.6 is 0 Å². The molecule has 0 aromatic heterocycles. The van der Waals surface area contributed by atoms with Crippen molar-refractivity contribution in [2.75, 3.05) is 0 Å². The summed E-state index contributed by atoms with van der Waals surface area (Å²) >= 11 is 0. The van der Waals surface area contributed by atoms with Crippen molar-refractivity contribution in [1.29, 1.82) is 0 Å². The van der Waals surface area contributed by atoms with Crippen LogP contribution in [-0.4, -0.2) is 6.04 Å². The van der Waals surface area contributed by atoms with Crippen LogP contribution in [0.2, 0.25) is 0 Å². The zero-order valence-electron chi connectivity index (χ0n) is 19.5.